The zero-order chi connectivity index (χ0) is 21.8. The van der Waals surface area contributed by atoms with Crippen molar-refractivity contribution in [2.24, 2.45) is 0 Å². The van der Waals surface area contributed by atoms with Gasteiger partial charge in [-0.15, -0.1) is 0 Å². The zero-order valence-corrected chi connectivity index (χ0v) is 16.1. The van der Waals surface area contributed by atoms with Crippen molar-refractivity contribution in [3.05, 3.63) is 76.6 Å². The molecule has 0 bridgehead atoms. The number of aromatic nitrogens is 3. The molecule has 0 saturated heterocycles. The van der Waals surface area contributed by atoms with Gasteiger partial charge in [0.2, 0.25) is 0 Å². The summed E-state index contributed by atoms with van der Waals surface area (Å²) in [5.41, 5.74) is 2.49. The summed E-state index contributed by atoms with van der Waals surface area (Å²) in [7, 11) is 0. The van der Waals surface area contributed by atoms with Crippen molar-refractivity contribution in [3.63, 3.8) is 0 Å². The first kappa shape index (κ1) is 19.6. The summed E-state index contributed by atoms with van der Waals surface area (Å²) in [6, 6.07) is 6.07. The number of halogens is 4. The van der Waals surface area contributed by atoms with Crippen LogP contribution in [0.1, 0.15) is 51.0 Å². The molecule has 1 amide bonds. The van der Waals surface area contributed by atoms with Crippen LogP contribution in [0.2, 0.25) is 0 Å². The number of rotatable bonds is 3. The molecule has 31 heavy (non-hydrogen) atoms. The van der Waals surface area contributed by atoms with Crippen LogP contribution in [-0.4, -0.2) is 27.4 Å². The first-order valence-electron chi connectivity index (χ1n) is 9.77. The highest BCUT2D eigenvalue weighted by Crippen LogP contribution is 2.55. The molecule has 0 unspecified atom stereocenters. The van der Waals surface area contributed by atoms with E-state index in [0.717, 1.165) is 17.7 Å². The van der Waals surface area contributed by atoms with E-state index in [9.17, 15) is 22.4 Å². The number of carbonyl (C=O) groups is 1. The Hall–Kier alpha value is -3.36. The molecule has 158 valence electrons. The Morgan fingerprint density at radius 2 is 1.87 bits per heavy atom. The molecule has 2 aromatic heterocycles. The fourth-order valence-electron chi connectivity index (χ4n) is 4.16. The Morgan fingerprint density at radius 1 is 1.03 bits per heavy atom. The van der Waals surface area contributed by atoms with Crippen LogP contribution in [0.4, 0.5) is 17.6 Å². The lowest BCUT2D eigenvalue weighted by Gasteiger charge is -2.18. The van der Waals surface area contributed by atoms with E-state index in [1.165, 1.54) is 6.33 Å². The van der Waals surface area contributed by atoms with Gasteiger partial charge in [-0.3, -0.25) is 9.78 Å². The molecule has 1 saturated carbocycles. The van der Waals surface area contributed by atoms with Crippen LogP contribution >= 0.6 is 0 Å². The summed E-state index contributed by atoms with van der Waals surface area (Å²) in [6.45, 7) is 0.508. The van der Waals surface area contributed by atoms with Gasteiger partial charge in [-0.1, -0.05) is 0 Å². The molecule has 1 fully saturated rings. The van der Waals surface area contributed by atoms with Gasteiger partial charge < -0.3 is 5.32 Å². The van der Waals surface area contributed by atoms with Crippen LogP contribution in [0.3, 0.4) is 0 Å². The van der Waals surface area contributed by atoms with Crippen molar-refractivity contribution in [2.45, 2.75) is 30.9 Å². The van der Waals surface area contributed by atoms with Gasteiger partial charge in [-0.25, -0.2) is 14.4 Å². The Balaban J connectivity index is 1.46. The minimum absolute atomic E-state index is 0.132. The van der Waals surface area contributed by atoms with Gasteiger partial charge in [0.15, 0.2) is 0 Å². The third-order valence-corrected chi connectivity index (χ3v) is 5.74. The number of hydrogen-bond acceptors (Lipinski definition) is 4. The number of alkyl halides is 3. The lowest BCUT2D eigenvalue weighted by Crippen LogP contribution is -2.32. The molecule has 3 aromatic rings. The fraction of sp³-hybridized carbons (Fsp3) is 0.273. The highest BCUT2D eigenvalue weighted by Gasteiger charge is 2.42. The average molecular weight is 428 g/mol. The second kappa shape index (κ2) is 7.11. The molecule has 9 heteroatoms. The molecular weight excluding hydrogens is 412 g/mol. The number of nitrogens with one attached hydrogen (secondary N) is 1. The normalized spacial score (nSPS) is 20.2. The van der Waals surface area contributed by atoms with E-state index in [1.54, 1.807) is 18.3 Å². The largest absolute Gasteiger partial charge is 0.416 e. The molecular formula is C22H16F4N4O. The van der Waals surface area contributed by atoms with E-state index in [4.69, 9.17) is 0 Å². The Labute approximate surface area is 174 Å². The molecule has 5 rings (SSSR count). The molecule has 2 atom stereocenters. The van der Waals surface area contributed by atoms with E-state index >= 15 is 0 Å². The van der Waals surface area contributed by atoms with Crippen LogP contribution in [0.15, 0.2) is 42.9 Å². The maximum absolute atomic E-state index is 13.8. The minimum atomic E-state index is -4.60. The first-order chi connectivity index (χ1) is 14.8. The molecule has 5 nitrogen and oxygen atoms in total. The first-order valence-corrected chi connectivity index (χ1v) is 9.77. The van der Waals surface area contributed by atoms with Gasteiger partial charge in [0.05, 0.1) is 17.0 Å². The molecule has 1 N–H and O–H groups in total. The number of benzene rings is 1. The summed E-state index contributed by atoms with van der Waals surface area (Å²) in [5, 5.41) is 2.79. The smallest absolute Gasteiger partial charge is 0.352 e. The highest BCUT2D eigenvalue weighted by molar-refractivity contribution is 5.98. The maximum atomic E-state index is 13.8. The summed E-state index contributed by atoms with van der Waals surface area (Å²) >= 11 is 0. The molecule has 3 heterocycles. The van der Waals surface area contributed by atoms with Crippen molar-refractivity contribution in [3.8, 4) is 11.4 Å². The van der Waals surface area contributed by atoms with Crippen molar-refractivity contribution in [1.82, 2.24) is 20.3 Å². The van der Waals surface area contributed by atoms with Crippen LogP contribution in [-0.2, 0) is 12.6 Å². The van der Waals surface area contributed by atoms with Crippen molar-refractivity contribution in [1.29, 1.82) is 0 Å². The third kappa shape index (κ3) is 3.64. The number of carbonyl (C=O) groups excluding carboxylic acids is 1. The Kier molecular flexibility index (Phi) is 4.49. The van der Waals surface area contributed by atoms with Gasteiger partial charge in [0.1, 0.15) is 12.1 Å². The number of amides is 1. The molecule has 0 radical (unpaired) electrons. The van der Waals surface area contributed by atoms with Gasteiger partial charge in [-0.2, -0.15) is 13.2 Å². The van der Waals surface area contributed by atoms with Gasteiger partial charge >= 0.3 is 6.18 Å². The van der Waals surface area contributed by atoms with Gasteiger partial charge in [-0.05, 0) is 60.2 Å². The van der Waals surface area contributed by atoms with E-state index in [1.807, 2.05) is 0 Å². The fourth-order valence-corrected chi connectivity index (χ4v) is 4.16. The van der Waals surface area contributed by atoms with Crippen LogP contribution < -0.4 is 5.32 Å². The van der Waals surface area contributed by atoms with Crippen molar-refractivity contribution in [2.75, 3.05) is 6.54 Å². The molecule has 1 aliphatic carbocycles. The van der Waals surface area contributed by atoms with Crippen LogP contribution in [0.25, 0.3) is 11.4 Å². The summed E-state index contributed by atoms with van der Waals surface area (Å²) < 4.78 is 52.9. The van der Waals surface area contributed by atoms with Crippen LogP contribution in [0, 0.1) is 5.82 Å². The SMILES string of the molecule is O=C1NCCc2c1ccnc2-c1cc([C@@H]2C[C@H]2c2cc(F)cc(C(F)(F)F)c2)ncn1. The highest BCUT2D eigenvalue weighted by atomic mass is 19.4. The molecule has 1 aliphatic heterocycles. The molecule has 0 spiro atoms. The standard InChI is InChI=1S/C22H16F4N4O/c23-13-6-11(5-12(7-13)22(24,25)26)16-8-17(16)18-9-19(30-10-29-18)20-14-1-4-28-21(31)15(14)2-3-27-20/h2-3,5-7,9-10,16-17H,1,4,8H2,(H,28,31)/t16-,17+/m0/s1. The third-order valence-electron chi connectivity index (χ3n) is 5.74. The van der Waals surface area contributed by atoms with E-state index in [-0.39, 0.29) is 17.7 Å². The number of pyridine rings is 1. The Morgan fingerprint density at radius 3 is 2.68 bits per heavy atom. The van der Waals surface area contributed by atoms with E-state index in [0.29, 0.717) is 53.7 Å². The quantitative estimate of drug-likeness (QED) is 0.634. The lowest BCUT2D eigenvalue weighted by molar-refractivity contribution is -0.137. The van der Waals surface area contributed by atoms with Gasteiger partial charge in [0.25, 0.3) is 5.91 Å². The monoisotopic (exact) mass is 428 g/mol. The van der Waals surface area contributed by atoms with E-state index < -0.39 is 17.6 Å². The summed E-state index contributed by atoms with van der Waals surface area (Å²) in [4.78, 5) is 25.1. The Bertz CT molecular complexity index is 1190. The van der Waals surface area contributed by atoms with Crippen LogP contribution in [0.5, 0.6) is 0 Å². The predicted molar refractivity (Wildman–Crippen MR) is 103 cm³/mol. The summed E-state index contributed by atoms with van der Waals surface area (Å²) in [5.74, 6) is -1.44. The van der Waals surface area contributed by atoms with Gasteiger partial charge in [0, 0.05) is 29.9 Å². The molecule has 1 aromatic carbocycles. The number of fused-ring (bicyclic) bond motifs is 1. The second-order valence-corrected chi connectivity index (χ2v) is 7.74. The summed E-state index contributed by atoms with van der Waals surface area (Å²) in [6.07, 6.45) is -0.476. The minimum Gasteiger partial charge on any atom is -0.352 e. The lowest BCUT2D eigenvalue weighted by atomic mass is 9.97. The molecule has 2 aliphatic rings. The van der Waals surface area contributed by atoms with E-state index in [2.05, 4.69) is 20.3 Å². The zero-order valence-electron chi connectivity index (χ0n) is 16.1. The maximum Gasteiger partial charge on any atom is 0.416 e. The van der Waals surface area contributed by atoms with Crippen molar-refractivity contribution < 1.29 is 22.4 Å². The predicted octanol–water partition coefficient (Wildman–Crippen LogP) is 4.25. The number of nitrogens with zero attached hydrogens (tertiary/aromatic N) is 3. The topological polar surface area (TPSA) is 67.8 Å². The average Bonchev–Trinajstić information content (AvgIpc) is 3.54. The second-order valence-electron chi connectivity index (χ2n) is 7.74. The number of hydrogen-bond donors (Lipinski definition) is 1. The van der Waals surface area contributed by atoms with Crippen molar-refractivity contribution >= 4 is 5.91 Å².